The zero-order chi connectivity index (χ0) is 20.8. The molecule has 0 aliphatic heterocycles. The Morgan fingerprint density at radius 2 is 1.68 bits per heavy atom. The van der Waals surface area contributed by atoms with Crippen molar-refractivity contribution in [3.05, 3.63) is 68.5 Å². The molecule has 8 heteroatoms. The van der Waals surface area contributed by atoms with Gasteiger partial charge in [-0.2, -0.15) is 0 Å². The predicted octanol–water partition coefficient (Wildman–Crippen LogP) is 1.22. The SMILES string of the molecule is CCN(CC)C(=O)c1ccc(NC(=O)/C=C/c2cn(C)c(=O)n(C)c2=O)cc1. The fourth-order valence-corrected chi connectivity index (χ4v) is 2.69. The number of carbonyl (C=O) groups excluding carboxylic acids is 2. The first-order chi connectivity index (χ1) is 13.3. The van der Waals surface area contributed by atoms with Gasteiger partial charge in [-0.05, 0) is 44.2 Å². The zero-order valence-electron chi connectivity index (χ0n) is 16.4. The summed E-state index contributed by atoms with van der Waals surface area (Å²) < 4.78 is 2.24. The number of benzene rings is 1. The first-order valence-electron chi connectivity index (χ1n) is 8.93. The van der Waals surface area contributed by atoms with Crippen LogP contribution in [0.2, 0.25) is 0 Å². The maximum atomic E-state index is 12.3. The number of anilines is 1. The predicted molar refractivity (Wildman–Crippen MR) is 108 cm³/mol. The zero-order valence-corrected chi connectivity index (χ0v) is 16.4. The van der Waals surface area contributed by atoms with E-state index in [0.29, 0.717) is 24.3 Å². The fourth-order valence-electron chi connectivity index (χ4n) is 2.69. The minimum Gasteiger partial charge on any atom is -0.339 e. The van der Waals surface area contributed by atoms with E-state index in [4.69, 9.17) is 0 Å². The summed E-state index contributed by atoms with van der Waals surface area (Å²) in [4.78, 5) is 49.8. The van der Waals surface area contributed by atoms with Gasteiger partial charge in [0.2, 0.25) is 5.91 Å². The maximum absolute atomic E-state index is 12.3. The number of aryl methyl sites for hydroxylation is 1. The summed E-state index contributed by atoms with van der Waals surface area (Å²) in [5.74, 6) is -0.493. The second-order valence-electron chi connectivity index (χ2n) is 6.22. The highest BCUT2D eigenvalue weighted by Gasteiger charge is 2.12. The monoisotopic (exact) mass is 384 g/mol. The number of hydrogen-bond acceptors (Lipinski definition) is 4. The molecule has 2 rings (SSSR count). The van der Waals surface area contributed by atoms with Crippen LogP contribution in [0.5, 0.6) is 0 Å². The Hall–Kier alpha value is -3.42. The van der Waals surface area contributed by atoms with Gasteiger partial charge in [0.25, 0.3) is 11.5 Å². The summed E-state index contributed by atoms with van der Waals surface area (Å²) in [5.41, 5.74) is 0.377. The first-order valence-corrected chi connectivity index (χ1v) is 8.93. The van der Waals surface area contributed by atoms with Gasteiger partial charge < -0.3 is 14.8 Å². The van der Waals surface area contributed by atoms with Crippen molar-refractivity contribution in [2.24, 2.45) is 14.1 Å². The molecule has 1 aromatic carbocycles. The maximum Gasteiger partial charge on any atom is 0.330 e. The van der Waals surface area contributed by atoms with E-state index in [-0.39, 0.29) is 11.5 Å². The molecule has 0 saturated carbocycles. The molecule has 1 N–H and O–H groups in total. The molecule has 148 valence electrons. The second kappa shape index (κ2) is 8.98. The molecule has 0 aliphatic carbocycles. The van der Waals surface area contributed by atoms with Gasteiger partial charge in [-0.15, -0.1) is 0 Å². The molecule has 1 aromatic heterocycles. The van der Waals surface area contributed by atoms with Gasteiger partial charge in [0.15, 0.2) is 0 Å². The minimum absolute atomic E-state index is 0.0618. The first kappa shape index (κ1) is 20.9. The molecule has 28 heavy (non-hydrogen) atoms. The molecule has 0 bridgehead atoms. The van der Waals surface area contributed by atoms with Crippen molar-refractivity contribution in [3.63, 3.8) is 0 Å². The van der Waals surface area contributed by atoms with Gasteiger partial charge in [-0.3, -0.25) is 19.0 Å². The number of nitrogens with one attached hydrogen (secondary N) is 1. The van der Waals surface area contributed by atoms with Gasteiger partial charge in [-0.1, -0.05) is 0 Å². The van der Waals surface area contributed by atoms with Crippen LogP contribution >= 0.6 is 0 Å². The molecule has 2 aromatic rings. The summed E-state index contributed by atoms with van der Waals surface area (Å²) in [6.45, 7) is 5.09. The molecule has 0 radical (unpaired) electrons. The van der Waals surface area contributed by atoms with Gasteiger partial charge in [0.05, 0.1) is 5.56 Å². The number of carbonyl (C=O) groups is 2. The van der Waals surface area contributed by atoms with E-state index in [1.54, 1.807) is 29.2 Å². The van der Waals surface area contributed by atoms with Gasteiger partial charge >= 0.3 is 5.69 Å². The smallest absolute Gasteiger partial charge is 0.330 e. The second-order valence-corrected chi connectivity index (χ2v) is 6.22. The fraction of sp³-hybridized carbons (Fsp3) is 0.300. The Morgan fingerprint density at radius 3 is 2.25 bits per heavy atom. The molecule has 0 aliphatic rings. The van der Waals surface area contributed by atoms with Crippen LogP contribution in [0, 0.1) is 0 Å². The van der Waals surface area contributed by atoms with Crippen molar-refractivity contribution in [2.75, 3.05) is 18.4 Å². The molecule has 0 atom stereocenters. The summed E-state index contributed by atoms with van der Waals surface area (Å²) in [6, 6.07) is 6.60. The van der Waals surface area contributed by atoms with Crippen LogP contribution in [-0.2, 0) is 18.9 Å². The third-order valence-electron chi connectivity index (χ3n) is 4.34. The molecular weight excluding hydrogens is 360 g/mol. The highest BCUT2D eigenvalue weighted by Crippen LogP contribution is 2.12. The van der Waals surface area contributed by atoms with E-state index in [1.165, 1.54) is 37.0 Å². The topological polar surface area (TPSA) is 93.4 Å². The third-order valence-corrected chi connectivity index (χ3v) is 4.34. The average molecular weight is 384 g/mol. The van der Waals surface area contributed by atoms with Crippen LogP contribution in [0.3, 0.4) is 0 Å². The number of aromatic nitrogens is 2. The van der Waals surface area contributed by atoms with Crippen molar-refractivity contribution >= 4 is 23.6 Å². The summed E-state index contributed by atoms with van der Waals surface area (Å²) in [5, 5.41) is 2.67. The molecule has 0 fully saturated rings. The lowest BCUT2D eigenvalue weighted by molar-refractivity contribution is -0.111. The van der Waals surface area contributed by atoms with E-state index < -0.39 is 17.2 Å². The third kappa shape index (κ3) is 4.64. The minimum atomic E-state index is -0.480. The molecular formula is C20H24N4O4. The van der Waals surface area contributed by atoms with E-state index in [2.05, 4.69) is 5.32 Å². The Kier molecular flexibility index (Phi) is 6.70. The van der Waals surface area contributed by atoms with Crippen molar-refractivity contribution in [1.82, 2.24) is 14.0 Å². The van der Waals surface area contributed by atoms with E-state index >= 15 is 0 Å². The van der Waals surface area contributed by atoms with Gasteiger partial charge in [0.1, 0.15) is 0 Å². The molecule has 0 spiro atoms. The molecule has 8 nitrogen and oxygen atoms in total. The Morgan fingerprint density at radius 1 is 1.07 bits per heavy atom. The van der Waals surface area contributed by atoms with Crippen LogP contribution in [0.1, 0.15) is 29.8 Å². The summed E-state index contributed by atoms with van der Waals surface area (Å²) in [6.07, 6.45) is 3.95. The van der Waals surface area contributed by atoms with Gasteiger partial charge in [0, 0.05) is 50.7 Å². The quantitative estimate of drug-likeness (QED) is 0.758. The molecule has 1 heterocycles. The van der Waals surface area contributed by atoms with Gasteiger partial charge in [-0.25, -0.2) is 4.79 Å². The number of hydrogen-bond donors (Lipinski definition) is 1. The van der Waals surface area contributed by atoms with Crippen LogP contribution in [0.25, 0.3) is 6.08 Å². The van der Waals surface area contributed by atoms with Crippen molar-refractivity contribution in [1.29, 1.82) is 0 Å². The number of nitrogens with zero attached hydrogens (tertiary/aromatic N) is 3. The highest BCUT2D eigenvalue weighted by molar-refractivity contribution is 6.02. The van der Waals surface area contributed by atoms with E-state index in [1.807, 2.05) is 13.8 Å². The van der Waals surface area contributed by atoms with Crippen LogP contribution < -0.4 is 16.6 Å². The Labute approximate surface area is 162 Å². The largest absolute Gasteiger partial charge is 0.339 e. The van der Waals surface area contributed by atoms with Crippen molar-refractivity contribution in [3.8, 4) is 0 Å². The van der Waals surface area contributed by atoms with Crippen LogP contribution in [0.15, 0.2) is 46.1 Å². The summed E-state index contributed by atoms with van der Waals surface area (Å²) >= 11 is 0. The van der Waals surface area contributed by atoms with Crippen molar-refractivity contribution in [2.45, 2.75) is 13.8 Å². The lowest BCUT2D eigenvalue weighted by Gasteiger charge is -2.18. The molecule has 0 saturated heterocycles. The van der Waals surface area contributed by atoms with E-state index in [9.17, 15) is 19.2 Å². The van der Waals surface area contributed by atoms with Crippen LogP contribution in [0.4, 0.5) is 5.69 Å². The molecule has 0 unspecified atom stereocenters. The Balaban J connectivity index is 2.10. The highest BCUT2D eigenvalue weighted by atomic mass is 16.2. The normalized spacial score (nSPS) is 10.9. The lowest BCUT2D eigenvalue weighted by Crippen LogP contribution is -2.37. The van der Waals surface area contributed by atoms with Crippen LogP contribution in [-0.4, -0.2) is 38.9 Å². The Bertz CT molecular complexity index is 1010. The van der Waals surface area contributed by atoms with E-state index in [0.717, 1.165) is 4.57 Å². The molecule has 2 amide bonds. The number of rotatable bonds is 6. The average Bonchev–Trinajstić information content (AvgIpc) is 2.69. The lowest BCUT2D eigenvalue weighted by atomic mass is 10.1. The van der Waals surface area contributed by atoms with Crippen molar-refractivity contribution < 1.29 is 9.59 Å². The standard InChI is InChI=1S/C20H24N4O4/c1-5-24(6-2)19(27)14-7-10-16(11-8-14)21-17(25)12-9-15-13-22(3)20(28)23(4)18(15)26/h7-13H,5-6H2,1-4H3,(H,21,25)/b12-9+. The number of amides is 2. The summed E-state index contributed by atoms with van der Waals surface area (Å²) in [7, 11) is 2.91.